The molecular formula is C19H38. The fourth-order valence-corrected chi connectivity index (χ4v) is 4.27. The van der Waals surface area contributed by atoms with E-state index in [9.17, 15) is 0 Å². The van der Waals surface area contributed by atoms with Gasteiger partial charge in [0.15, 0.2) is 0 Å². The molecule has 0 radical (unpaired) electrons. The molecule has 3 rings (SSSR count). The van der Waals surface area contributed by atoms with Crippen molar-refractivity contribution >= 4 is 0 Å². The van der Waals surface area contributed by atoms with Gasteiger partial charge < -0.3 is 0 Å². The molecule has 3 saturated carbocycles. The monoisotopic (exact) mass is 266 g/mol. The number of hydrogen-bond donors (Lipinski definition) is 0. The molecule has 0 heterocycles. The third kappa shape index (κ3) is 6.82. The Morgan fingerprint density at radius 1 is 0.316 bits per heavy atom. The number of fused-ring (bicyclic) bond motifs is 1. The lowest BCUT2D eigenvalue weighted by Crippen LogP contribution is -2.22. The van der Waals surface area contributed by atoms with Gasteiger partial charge in [-0.2, -0.15) is 0 Å². The summed E-state index contributed by atoms with van der Waals surface area (Å²) in [5.74, 6) is 2.31. The van der Waals surface area contributed by atoms with Crippen LogP contribution in [0.1, 0.15) is 110 Å². The van der Waals surface area contributed by atoms with E-state index in [2.05, 4.69) is 0 Å². The molecule has 0 saturated heterocycles. The molecule has 3 fully saturated rings. The van der Waals surface area contributed by atoms with E-state index in [1.54, 1.807) is 25.7 Å². The molecule has 0 unspecified atom stereocenters. The third-order valence-corrected chi connectivity index (χ3v) is 5.47. The van der Waals surface area contributed by atoms with E-state index in [-0.39, 0.29) is 7.43 Å². The highest BCUT2D eigenvalue weighted by Gasteiger charge is 2.26. The van der Waals surface area contributed by atoms with Gasteiger partial charge in [-0.25, -0.2) is 0 Å². The molecule has 0 aliphatic heterocycles. The Labute approximate surface area is 122 Å². The lowest BCUT2D eigenvalue weighted by Gasteiger charge is -2.35. The summed E-state index contributed by atoms with van der Waals surface area (Å²) >= 11 is 0. The van der Waals surface area contributed by atoms with Crippen LogP contribution < -0.4 is 0 Å². The number of rotatable bonds is 0. The van der Waals surface area contributed by atoms with E-state index in [0.717, 1.165) is 11.8 Å². The Hall–Kier alpha value is 0. The van der Waals surface area contributed by atoms with Crippen LogP contribution in [0.15, 0.2) is 0 Å². The van der Waals surface area contributed by atoms with Gasteiger partial charge in [0.1, 0.15) is 0 Å². The maximum absolute atomic E-state index is 1.56. The van der Waals surface area contributed by atoms with E-state index < -0.39 is 0 Å². The van der Waals surface area contributed by atoms with Gasteiger partial charge in [0.2, 0.25) is 0 Å². The first-order valence-electron chi connectivity index (χ1n) is 8.97. The minimum atomic E-state index is 0. The minimum Gasteiger partial charge on any atom is -0.0776 e. The molecule has 0 aromatic heterocycles. The van der Waals surface area contributed by atoms with E-state index in [4.69, 9.17) is 0 Å². The summed E-state index contributed by atoms with van der Waals surface area (Å²) < 4.78 is 0. The van der Waals surface area contributed by atoms with E-state index in [0.29, 0.717) is 0 Å². The van der Waals surface area contributed by atoms with Gasteiger partial charge >= 0.3 is 0 Å². The molecule has 0 N–H and O–H groups in total. The largest absolute Gasteiger partial charge is 0.0776 e. The summed E-state index contributed by atoms with van der Waals surface area (Å²) in [6.45, 7) is 0. The summed E-state index contributed by atoms with van der Waals surface area (Å²) in [4.78, 5) is 0. The molecule has 114 valence electrons. The Bertz CT molecular complexity index is 146. The van der Waals surface area contributed by atoms with Gasteiger partial charge in [0.05, 0.1) is 0 Å². The SMILES string of the molecule is C.C1CCC2CCCCC2C1.C1CCCCCCC1. The molecule has 0 aromatic carbocycles. The van der Waals surface area contributed by atoms with Crippen molar-refractivity contribution in [1.82, 2.24) is 0 Å². The second kappa shape index (κ2) is 10.7. The van der Waals surface area contributed by atoms with Crippen molar-refractivity contribution in [2.75, 3.05) is 0 Å². The smallest absolute Gasteiger partial charge is 0.0386 e. The van der Waals surface area contributed by atoms with Gasteiger partial charge in [0.25, 0.3) is 0 Å². The molecule has 19 heavy (non-hydrogen) atoms. The van der Waals surface area contributed by atoms with E-state index in [1.165, 1.54) is 77.0 Å². The highest BCUT2D eigenvalue weighted by molar-refractivity contribution is 4.78. The molecule has 3 aliphatic rings. The Morgan fingerprint density at radius 3 is 0.737 bits per heavy atom. The van der Waals surface area contributed by atoms with Crippen LogP contribution in [0.25, 0.3) is 0 Å². The van der Waals surface area contributed by atoms with Crippen molar-refractivity contribution in [3.05, 3.63) is 0 Å². The fourth-order valence-electron chi connectivity index (χ4n) is 4.27. The molecule has 0 spiro atoms. The second-order valence-electron chi connectivity index (χ2n) is 6.92. The normalized spacial score (nSPS) is 31.6. The highest BCUT2D eigenvalue weighted by atomic mass is 14.3. The van der Waals surface area contributed by atoms with Gasteiger partial charge in [-0.15, -0.1) is 0 Å². The van der Waals surface area contributed by atoms with Crippen LogP contribution in [0.5, 0.6) is 0 Å². The van der Waals surface area contributed by atoms with Gasteiger partial charge in [-0.1, -0.05) is 110 Å². The molecule has 0 heteroatoms. The van der Waals surface area contributed by atoms with Crippen LogP contribution in [0.4, 0.5) is 0 Å². The van der Waals surface area contributed by atoms with Gasteiger partial charge in [-0.05, 0) is 11.8 Å². The molecule has 0 amide bonds. The standard InChI is InChI=1S/C10H18.C8H16.CH4/c1-2-6-10-8-4-3-7-9(10)5-1;1-2-4-6-8-7-5-3-1;/h9-10H,1-8H2;1-8H2;1H4. The van der Waals surface area contributed by atoms with E-state index in [1.807, 2.05) is 0 Å². The predicted molar refractivity (Wildman–Crippen MR) is 87.6 cm³/mol. The molecule has 3 aliphatic carbocycles. The van der Waals surface area contributed by atoms with Crippen molar-refractivity contribution in [3.8, 4) is 0 Å². The van der Waals surface area contributed by atoms with Crippen LogP contribution >= 0.6 is 0 Å². The summed E-state index contributed by atoms with van der Waals surface area (Å²) in [6, 6.07) is 0. The van der Waals surface area contributed by atoms with Crippen LogP contribution in [0, 0.1) is 11.8 Å². The minimum absolute atomic E-state index is 0. The van der Waals surface area contributed by atoms with Crippen molar-refractivity contribution < 1.29 is 0 Å². The zero-order chi connectivity index (χ0) is 12.5. The molecule has 0 atom stereocenters. The zero-order valence-corrected chi connectivity index (χ0v) is 12.5. The summed E-state index contributed by atoms with van der Waals surface area (Å²) in [6.07, 6.45) is 24.4. The molecule has 0 nitrogen and oxygen atoms in total. The average Bonchev–Trinajstić information content (AvgIpc) is 2.39. The van der Waals surface area contributed by atoms with Crippen molar-refractivity contribution in [3.63, 3.8) is 0 Å². The van der Waals surface area contributed by atoms with Gasteiger partial charge in [-0.3, -0.25) is 0 Å². The van der Waals surface area contributed by atoms with Crippen LogP contribution in [-0.2, 0) is 0 Å². The Morgan fingerprint density at radius 2 is 0.526 bits per heavy atom. The van der Waals surface area contributed by atoms with Crippen molar-refractivity contribution in [2.45, 2.75) is 110 Å². The molecular weight excluding hydrogens is 228 g/mol. The molecule has 0 bridgehead atoms. The average molecular weight is 267 g/mol. The third-order valence-electron chi connectivity index (χ3n) is 5.47. The van der Waals surface area contributed by atoms with Crippen molar-refractivity contribution in [1.29, 1.82) is 0 Å². The Balaban J connectivity index is 0.000000185. The van der Waals surface area contributed by atoms with Gasteiger partial charge in [0, 0.05) is 0 Å². The first-order chi connectivity index (χ1) is 8.97. The maximum atomic E-state index is 1.56. The summed E-state index contributed by atoms with van der Waals surface area (Å²) in [5.41, 5.74) is 0. The van der Waals surface area contributed by atoms with Crippen molar-refractivity contribution in [2.24, 2.45) is 11.8 Å². The first kappa shape index (κ1) is 17.1. The molecule has 0 aromatic rings. The highest BCUT2D eigenvalue weighted by Crippen LogP contribution is 2.39. The predicted octanol–water partition coefficient (Wildman–Crippen LogP) is 7.12. The van der Waals surface area contributed by atoms with E-state index >= 15 is 0 Å². The fraction of sp³-hybridized carbons (Fsp3) is 1.00. The zero-order valence-electron chi connectivity index (χ0n) is 12.5. The topological polar surface area (TPSA) is 0 Å². The maximum Gasteiger partial charge on any atom is -0.0386 e. The Kier molecular flexibility index (Phi) is 9.65. The first-order valence-corrected chi connectivity index (χ1v) is 8.97. The van der Waals surface area contributed by atoms with Crippen LogP contribution in [0.2, 0.25) is 0 Å². The quantitative estimate of drug-likeness (QED) is 0.437. The lowest BCUT2D eigenvalue weighted by molar-refractivity contribution is 0.171. The second-order valence-corrected chi connectivity index (χ2v) is 6.92. The summed E-state index contributed by atoms with van der Waals surface area (Å²) in [7, 11) is 0. The summed E-state index contributed by atoms with van der Waals surface area (Å²) in [5, 5.41) is 0. The number of hydrogen-bond acceptors (Lipinski definition) is 0. The van der Waals surface area contributed by atoms with Crippen LogP contribution in [0.3, 0.4) is 0 Å². The lowest BCUT2D eigenvalue weighted by atomic mass is 9.71. The van der Waals surface area contributed by atoms with Crippen LogP contribution in [-0.4, -0.2) is 0 Å².